The van der Waals surface area contributed by atoms with Gasteiger partial charge >= 0.3 is 5.97 Å². The molecule has 2 heterocycles. The van der Waals surface area contributed by atoms with Gasteiger partial charge < -0.3 is 24.8 Å². The third-order valence-electron chi connectivity index (χ3n) is 5.11. The van der Waals surface area contributed by atoms with Crippen LogP contribution in [0.15, 0.2) is 53.1 Å². The highest BCUT2D eigenvalue weighted by molar-refractivity contribution is 9.10. The van der Waals surface area contributed by atoms with Gasteiger partial charge in [-0.2, -0.15) is 0 Å². The molecule has 0 spiro atoms. The Morgan fingerprint density at radius 2 is 2.00 bits per heavy atom. The largest absolute Gasteiger partial charge is 0.491 e. The quantitative estimate of drug-likeness (QED) is 0.386. The molecule has 0 saturated carbocycles. The summed E-state index contributed by atoms with van der Waals surface area (Å²) in [5.74, 6) is 0.293. The minimum atomic E-state index is -0.391. The van der Waals surface area contributed by atoms with E-state index in [9.17, 15) is 4.79 Å². The zero-order chi connectivity index (χ0) is 20.5. The first-order valence-corrected chi connectivity index (χ1v) is 10.1. The Morgan fingerprint density at radius 3 is 2.77 bits per heavy atom. The number of para-hydroxylation sites is 1. The molecule has 0 fully saturated rings. The third kappa shape index (κ3) is 4.05. The summed E-state index contributed by atoms with van der Waals surface area (Å²) in [5, 5.41) is 2.02. The molecule has 3 N–H and O–H groups in total. The van der Waals surface area contributed by atoms with Crippen LogP contribution in [0.4, 0.5) is 0 Å². The molecular weight excluding hydrogens is 470 g/mol. The van der Waals surface area contributed by atoms with E-state index in [1.807, 2.05) is 43.6 Å². The van der Waals surface area contributed by atoms with Crippen LogP contribution in [-0.4, -0.2) is 35.3 Å². The molecule has 4 aromatic rings. The van der Waals surface area contributed by atoms with Crippen molar-refractivity contribution in [1.29, 1.82) is 0 Å². The number of carbonyl (C=O) groups is 1. The number of nitrogens with two attached hydrogens (primary N) is 1. The van der Waals surface area contributed by atoms with E-state index in [-0.39, 0.29) is 18.4 Å². The molecule has 0 saturated heterocycles. The Bertz CT molecular complexity index is 1200. The Balaban J connectivity index is 0.00000256. The number of halogens is 2. The molecule has 30 heavy (non-hydrogen) atoms. The predicted molar refractivity (Wildman–Crippen MR) is 125 cm³/mol. The van der Waals surface area contributed by atoms with Crippen molar-refractivity contribution in [2.75, 3.05) is 13.7 Å². The van der Waals surface area contributed by atoms with Gasteiger partial charge in [0.2, 0.25) is 0 Å². The molecule has 1 atom stereocenters. The summed E-state index contributed by atoms with van der Waals surface area (Å²) in [6.07, 6.45) is 2.70. The second kappa shape index (κ2) is 9.12. The fraction of sp³-hybridized carbons (Fsp3) is 0.227. The van der Waals surface area contributed by atoms with E-state index in [2.05, 4.69) is 27.0 Å². The number of nitrogens with zero attached hydrogens (tertiary/aromatic N) is 1. The lowest BCUT2D eigenvalue weighted by atomic mass is 10.1. The third-order valence-corrected chi connectivity index (χ3v) is 5.75. The van der Waals surface area contributed by atoms with Gasteiger partial charge in [-0.25, -0.2) is 4.79 Å². The normalized spacial score (nSPS) is 12.0. The lowest BCUT2D eigenvalue weighted by Crippen LogP contribution is -2.30. The number of nitrogens with one attached hydrogen (secondary N) is 1. The van der Waals surface area contributed by atoms with Crippen molar-refractivity contribution < 1.29 is 14.3 Å². The number of aromatic nitrogens is 2. The van der Waals surface area contributed by atoms with Gasteiger partial charge in [0.15, 0.2) is 0 Å². The van der Waals surface area contributed by atoms with Crippen molar-refractivity contribution in [3.05, 3.63) is 64.4 Å². The van der Waals surface area contributed by atoms with Crippen LogP contribution in [0.2, 0.25) is 0 Å². The number of fused-ring (bicyclic) bond motifs is 2. The minimum Gasteiger partial charge on any atom is -0.491 e. The lowest BCUT2D eigenvalue weighted by Gasteiger charge is -2.14. The zero-order valence-electron chi connectivity index (χ0n) is 16.6. The molecule has 4 rings (SSSR count). The number of methoxy groups -OCH3 is 1. The van der Waals surface area contributed by atoms with Crippen LogP contribution in [0, 0.1) is 0 Å². The Hall–Kier alpha value is -2.48. The second-order valence-electron chi connectivity index (χ2n) is 7.02. The smallest absolute Gasteiger partial charge is 0.354 e. The van der Waals surface area contributed by atoms with Gasteiger partial charge in [0, 0.05) is 40.0 Å². The van der Waals surface area contributed by atoms with Crippen molar-refractivity contribution in [3.8, 4) is 5.75 Å². The zero-order valence-corrected chi connectivity index (χ0v) is 19.0. The summed E-state index contributed by atoms with van der Waals surface area (Å²) in [7, 11) is 3.20. The number of carbonyl (C=O) groups excluding carboxylic acids is 1. The molecule has 8 heteroatoms. The van der Waals surface area contributed by atoms with E-state index in [1.54, 1.807) is 10.6 Å². The van der Waals surface area contributed by atoms with Gasteiger partial charge in [-0.1, -0.05) is 18.2 Å². The summed E-state index contributed by atoms with van der Waals surface area (Å²) >= 11 is 3.55. The summed E-state index contributed by atoms with van der Waals surface area (Å²) in [6.45, 7) is 0.360. The molecule has 0 aliphatic heterocycles. The van der Waals surface area contributed by atoms with Crippen LogP contribution in [0.5, 0.6) is 5.75 Å². The van der Waals surface area contributed by atoms with E-state index < -0.39 is 5.97 Å². The van der Waals surface area contributed by atoms with Crippen molar-refractivity contribution in [1.82, 2.24) is 9.55 Å². The summed E-state index contributed by atoms with van der Waals surface area (Å²) < 4.78 is 13.6. The molecule has 0 aliphatic rings. The Kier molecular flexibility index (Phi) is 6.75. The number of benzene rings is 2. The maximum absolute atomic E-state index is 12.1. The van der Waals surface area contributed by atoms with Gasteiger partial charge in [0.05, 0.1) is 12.6 Å². The second-order valence-corrected chi connectivity index (χ2v) is 7.88. The number of hydrogen-bond acceptors (Lipinski definition) is 4. The topological polar surface area (TPSA) is 82.3 Å². The van der Waals surface area contributed by atoms with Gasteiger partial charge in [0.1, 0.15) is 18.1 Å². The van der Waals surface area contributed by atoms with Crippen LogP contribution in [0.25, 0.3) is 21.8 Å². The molecule has 0 unspecified atom stereocenters. The fourth-order valence-corrected chi connectivity index (χ4v) is 4.27. The van der Waals surface area contributed by atoms with Crippen molar-refractivity contribution in [2.24, 2.45) is 12.8 Å². The van der Waals surface area contributed by atoms with Crippen LogP contribution >= 0.6 is 28.3 Å². The first-order chi connectivity index (χ1) is 14.0. The van der Waals surface area contributed by atoms with E-state index in [4.69, 9.17) is 15.2 Å². The highest BCUT2D eigenvalue weighted by atomic mass is 79.9. The monoisotopic (exact) mass is 491 g/mol. The van der Waals surface area contributed by atoms with Gasteiger partial charge in [-0.05, 0) is 52.2 Å². The summed E-state index contributed by atoms with van der Waals surface area (Å²) in [6, 6.07) is 13.6. The average Bonchev–Trinajstić information content (AvgIpc) is 3.29. The molecule has 0 bridgehead atoms. The first kappa shape index (κ1) is 22.2. The van der Waals surface area contributed by atoms with Gasteiger partial charge in [0.25, 0.3) is 0 Å². The fourth-order valence-electron chi connectivity index (χ4n) is 3.66. The van der Waals surface area contributed by atoms with E-state index in [0.29, 0.717) is 24.5 Å². The van der Waals surface area contributed by atoms with Gasteiger partial charge in [-0.3, -0.25) is 0 Å². The predicted octanol–water partition coefficient (Wildman–Crippen LogP) is 4.58. The van der Waals surface area contributed by atoms with Crippen LogP contribution in [0.1, 0.15) is 16.1 Å². The highest BCUT2D eigenvalue weighted by Crippen LogP contribution is 2.34. The number of esters is 1. The van der Waals surface area contributed by atoms with Crippen molar-refractivity contribution in [2.45, 2.75) is 12.5 Å². The molecule has 0 aliphatic carbocycles. The van der Waals surface area contributed by atoms with Crippen LogP contribution in [-0.2, 0) is 18.2 Å². The van der Waals surface area contributed by atoms with Crippen LogP contribution < -0.4 is 10.5 Å². The molecular formula is C22H23BrClN3O3. The SMILES string of the molecule is COC(=O)c1cc2c(OC[C@H](N)Cc3c[nH]c4ccccc34)ccc(Br)c2n1C.Cl. The molecule has 0 amide bonds. The maximum Gasteiger partial charge on any atom is 0.354 e. The van der Waals surface area contributed by atoms with Crippen LogP contribution in [0.3, 0.4) is 0 Å². The standard InChI is InChI=1S/C22H22BrN3O3.ClH/c1-26-19(22(27)28-2)10-16-20(8-7-17(23)21(16)26)29-12-14(24)9-13-11-25-18-6-4-3-5-15(13)18;/h3-8,10-11,14,25H,9,12,24H2,1-2H3;1H/t14-;/m1./s1. The van der Waals surface area contributed by atoms with Crippen molar-refractivity contribution in [3.63, 3.8) is 0 Å². The molecule has 2 aromatic carbocycles. The van der Waals surface area contributed by atoms with E-state index in [1.165, 1.54) is 18.1 Å². The summed E-state index contributed by atoms with van der Waals surface area (Å²) in [4.78, 5) is 15.3. The van der Waals surface area contributed by atoms with E-state index in [0.717, 1.165) is 20.9 Å². The molecule has 6 nitrogen and oxygen atoms in total. The molecule has 0 radical (unpaired) electrons. The Labute approximate surface area is 188 Å². The van der Waals surface area contributed by atoms with Gasteiger partial charge in [-0.15, -0.1) is 12.4 Å². The summed E-state index contributed by atoms with van der Waals surface area (Å²) in [5.41, 5.74) is 9.96. The molecule has 2 aromatic heterocycles. The van der Waals surface area contributed by atoms with E-state index >= 15 is 0 Å². The first-order valence-electron chi connectivity index (χ1n) is 9.29. The average molecular weight is 493 g/mol. The Morgan fingerprint density at radius 1 is 1.23 bits per heavy atom. The maximum atomic E-state index is 12.1. The number of hydrogen-bond donors (Lipinski definition) is 2. The minimum absolute atomic E-state index is 0. The molecule has 158 valence electrons. The number of rotatable bonds is 6. The highest BCUT2D eigenvalue weighted by Gasteiger charge is 2.19. The number of aromatic amines is 1. The number of aryl methyl sites for hydroxylation is 1. The number of H-pyrrole nitrogens is 1. The number of ether oxygens (including phenoxy) is 2. The van der Waals surface area contributed by atoms with Crippen molar-refractivity contribution >= 4 is 56.1 Å². The lowest BCUT2D eigenvalue weighted by molar-refractivity contribution is 0.0590.